The van der Waals surface area contributed by atoms with Crippen molar-refractivity contribution < 1.29 is 9.21 Å². The van der Waals surface area contributed by atoms with Crippen molar-refractivity contribution in [1.29, 1.82) is 0 Å². The summed E-state index contributed by atoms with van der Waals surface area (Å²) in [4.78, 5) is 11.1. The number of carbonyl (C=O) groups is 1. The lowest BCUT2D eigenvalue weighted by Gasteiger charge is -2.03. The number of carbonyl (C=O) groups excluding carboxylic acids is 1. The third-order valence-corrected chi connectivity index (χ3v) is 1.99. The molecule has 3 N–H and O–H groups in total. The van der Waals surface area contributed by atoms with E-state index in [4.69, 9.17) is 10.2 Å². The molecule has 1 aromatic rings. The predicted octanol–water partition coefficient (Wildman–Crippen LogP) is 1.01. The molecule has 12 heavy (non-hydrogen) atoms. The molecule has 0 radical (unpaired) electrons. The van der Waals surface area contributed by atoms with Gasteiger partial charge in [0.05, 0.1) is 18.0 Å². The zero-order valence-electron chi connectivity index (χ0n) is 6.54. The highest BCUT2D eigenvalue weighted by Crippen LogP contribution is 2.28. The van der Waals surface area contributed by atoms with Gasteiger partial charge in [-0.3, -0.25) is 4.79 Å². The topological polar surface area (TPSA) is 68.3 Å². The van der Waals surface area contributed by atoms with E-state index in [1.54, 1.807) is 6.07 Å². The van der Waals surface area contributed by atoms with E-state index in [0.29, 0.717) is 24.3 Å². The minimum Gasteiger partial charge on any atom is -0.465 e. The summed E-state index contributed by atoms with van der Waals surface area (Å²) in [5.74, 6) is 0.687. The fourth-order valence-electron chi connectivity index (χ4n) is 1.34. The van der Waals surface area contributed by atoms with Crippen LogP contribution in [0.1, 0.15) is 24.6 Å². The molecular formula is C8H10N2O2. The maximum Gasteiger partial charge on any atom is 0.224 e. The van der Waals surface area contributed by atoms with Gasteiger partial charge in [-0.2, -0.15) is 0 Å². The van der Waals surface area contributed by atoms with Gasteiger partial charge in [-0.05, 0) is 6.42 Å². The van der Waals surface area contributed by atoms with Gasteiger partial charge < -0.3 is 15.5 Å². The molecule has 1 atom stereocenters. The first kappa shape index (κ1) is 7.36. The van der Waals surface area contributed by atoms with Gasteiger partial charge in [0, 0.05) is 12.5 Å². The lowest BCUT2D eigenvalue weighted by Crippen LogP contribution is -2.09. The molecule has 4 heteroatoms. The highest BCUT2D eigenvalue weighted by atomic mass is 16.3. The van der Waals surface area contributed by atoms with Crippen LogP contribution < -0.4 is 11.1 Å². The van der Waals surface area contributed by atoms with Gasteiger partial charge in [0.1, 0.15) is 5.76 Å². The van der Waals surface area contributed by atoms with Crippen molar-refractivity contribution in [1.82, 2.24) is 0 Å². The second-order valence-electron chi connectivity index (χ2n) is 2.89. The quantitative estimate of drug-likeness (QED) is 0.604. The van der Waals surface area contributed by atoms with E-state index in [2.05, 4.69) is 5.32 Å². The smallest absolute Gasteiger partial charge is 0.224 e. The van der Waals surface area contributed by atoms with Gasteiger partial charge in [-0.15, -0.1) is 0 Å². The molecule has 2 rings (SSSR count). The van der Waals surface area contributed by atoms with Crippen LogP contribution in [0.15, 0.2) is 16.7 Å². The van der Waals surface area contributed by atoms with E-state index >= 15 is 0 Å². The summed E-state index contributed by atoms with van der Waals surface area (Å²) in [5.41, 5.74) is 6.48. The van der Waals surface area contributed by atoms with Gasteiger partial charge in [-0.25, -0.2) is 0 Å². The van der Waals surface area contributed by atoms with Crippen molar-refractivity contribution in [2.24, 2.45) is 5.73 Å². The van der Waals surface area contributed by atoms with Crippen LogP contribution in [-0.2, 0) is 4.79 Å². The number of hydrogen-bond acceptors (Lipinski definition) is 3. The molecule has 1 amide bonds. The van der Waals surface area contributed by atoms with Crippen LogP contribution in [0.5, 0.6) is 0 Å². The monoisotopic (exact) mass is 166 g/mol. The Morgan fingerprint density at radius 1 is 1.67 bits per heavy atom. The largest absolute Gasteiger partial charge is 0.465 e. The summed E-state index contributed by atoms with van der Waals surface area (Å²) >= 11 is 0. The number of rotatable bonds is 0. The molecule has 0 spiro atoms. The molecule has 1 unspecified atom stereocenters. The van der Waals surface area contributed by atoms with E-state index in [0.717, 1.165) is 0 Å². The third-order valence-electron chi connectivity index (χ3n) is 1.99. The Morgan fingerprint density at radius 2 is 2.50 bits per heavy atom. The van der Waals surface area contributed by atoms with Crippen LogP contribution in [0.3, 0.4) is 0 Å². The first-order valence-corrected chi connectivity index (χ1v) is 3.90. The molecule has 1 aromatic heterocycles. The summed E-state index contributed by atoms with van der Waals surface area (Å²) in [7, 11) is 0. The normalized spacial score (nSPS) is 22.8. The van der Waals surface area contributed by atoms with E-state index in [1.807, 2.05) is 0 Å². The van der Waals surface area contributed by atoms with Crippen molar-refractivity contribution in [2.45, 2.75) is 18.9 Å². The molecule has 1 aliphatic heterocycles. The van der Waals surface area contributed by atoms with E-state index < -0.39 is 0 Å². The second kappa shape index (κ2) is 2.64. The van der Waals surface area contributed by atoms with Crippen LogP contribution >= 0.6 is 0 Å². The molecule has 0 bridgehead atoms. The molecule has 1 aliphatic rings. The Bertz CT molecular complexity index is 306. The summed E-state index contributed by atoms with van der Waals surface area (Å²) in [6, 6.07) is 1.56. The number of nitrogens with two attached hydrogens (primary N) is 1. The predicted molar refractivity (Wildman–Crippen MR) is 43.5 cm³/mol. The molecule has 0 saturated heterocycles. The number of anilines is 1. The Balaban J connectivity index is 2.38. The summed E-state index contributed by atoms with van der Waals surface area (Å²) in [5, 5.41) is 2.72. The van der Waals surface area contributed by atoms with Crippen molar-refractivity contribution in [3.05, 3.63) is 18.1 Å². The zero-order chi connectivity index (χ0) is 8.55. The van der Waals surface area contributed by atoms with E-state index in [9.17, 15) is 4.79 Å². The summed E-state index contributed by atoms with van der Waals surface area (Å²) < 4.78 is 5.16. The molecule has 64 valence electrons. The SMILES string of the molecule is NC1CCC(=O)Nc2ccoc21. The molecule has 2 heterocycles. The Kier molecular flexibility index (Phi) is 1.62. The van der Waals surface area contributed by atoms with E-state index in [1.165, 1.54) is 6.26 Å². The van der Waals surface area contributed by atoms with Crippen LogP contribution in [0.25, 0.3) is 0 Å². The fourth-order valence-corrected chi connectivity index (χ4v) is 1.34. The van der Waals surface area contributed by atoms with Crippen LogP contribution in [0.4, 0.5) is 5.69 Å². The lowest BCUT2D eigenvalue weighted by molar-refractivity contribution is -0.116. The van der Waals surface area contributed by atoms with Crippen LogP contribution in [0.2, 0.25) is 0 Å². The first-order valence-electron chi connectivity index (χ1n) is 3.90. The Hall–Kier alpha value is -1.29. The number of furan rings is 1. The highest BCUT2D eigenvalue weighted by Gasteiger charge is 2.21. The van der Waals surface area contributed by atoms with Gasteiger partial charge in [0.25, 0.3) is 0 Å². The van der Waals surface area contributed by atoms with Crippen LogP contribution in [-0.4, -0.2) is 5.91 Å². The van der Waals surface area contributed by atoms with Gasteiger partial charge in [0.2, 0.25) is 5.91 Å². The minimum atomic E-state index is -0.158. The molecule has 4 nitrogen and oxygen atoms in total. The standard InChI is InChI=1S/C8H10N2O2/c9-5-1-2-7(11)10-6-3-4-12-8(5)6/h3-5H,1-2,9H2,(H,10,11). The minimum absolute atomic E-state index is 0.00519. The van der Waals surface area contributed by atoms with Gasteiger partial charge in [0.15, 0.2) is 0 Å². The van der Waals surface area contributed by atoms with Gasteiger partial charge >= 0.3 is 0 Å². The number of nitrogens with one attached hydrogen (secondary N) is 1. The Morgan fingerprint density at radius 3 is 3.33 bits per heavy atom. The van der Waals surface area contributed by atoms with Gasteiger partial charge in [-0.1, -0.05) is 0 Å². The van der Waals surface area contributed by atoms with Crippen molar-refractivity contribution >= 4 is 11.6 Å². The van der Waals surface area contributed by atoms with Crippen molar-refractivity contribution in [3.8, 4) is 0 Å². The van der Waals surface area contributed by atoms with Crippen molar-refractivity contribution in [2.75, 3.05) is 5.32 Å². The zero-order valence-corrected chi connectivity index (χ0v) is 6.54. The first-order chi connectivity index (χ1) is 5.77. The molecule has 0 saturated carbocycles. The molecule has 0 fully saturated rings. The average Bonchev–Trinajstić information content (AvgIpc) is 2.44. The number of fused-ring (bicyclic) bond motifs is 1. The summed E-state index contributed by atoms with van der Waals surface area (Å²) in [6.07, 6.45) is 2.65. The number of hydrogen-bond donors (Lipinski definition) is 2. The maximum absolute atomic E-state index is 11.1. The molecule has 0 aromatic carbocycles. The maximum atomic E-state index is 11.1. The van der Waals surface area contributed by atoms with Crippen LogP contribution in [0, 0.1) is 0 Å². The lowest BCUT2D eigenvalue weighted by atomic mass is 10.1. The highest BCUT2D eigenvalue weighted by molar-refractivity contribution is 5.92. The molecule has 0 aliphatic carbocycles. The second-order valence-corrected chi connectivity index (χ2v) is 2.89. The average molecular weight is 166 g/mol. The number of amides is 1. The Labute approximate surface area is 69.7 Å². The van der Waals surface area contributed by atoms with Crippen molar-refractivity contribution in [3.63, 3.8) is 0 Å². The fraction of sp³-hybridized carbons (Fsp3) is 0.375. The molecular weight excluding hydrogens is 156 g/mol. The third kappa shape index (κ3) is 1.10. The summed E-state index contributed by atoms with van der Waals surface area (Å²) in [6.45, 7) is 0. The van der Waals surface area contributed by atoms with E-state index in [-0.39, 0.29) is 11.9 Å².